The Balaban J connectivity index is 1.53. The van der Waals surface area contributed by atoms with Crippen molar-refractivity contribution in [3.05, 3.63) is 102 Å². The van der Waals surface area contributed by atoms with Crippen LogP contribution in [-0.4, -0.2) is 51.2 Å². The third kappa shape index (κ3) is 4.05. The molecule has 4 aromatic rings. The van der Waals surface area contributed by atoms with Gasteiger partial charge in [0, 0.05) is 36.9 Å². The lowest BCUT2D eigenvalue weighted by Gasteiger charge is -2.36. The van der Waals surface area contributed by atoms with Crippen LogP contribution in [0, 0.1) is 0 Å². The van der Waals surface area contributed by atoms with Gasteiger partial charge in [-0.2, -0.15) is 0 Å². The zero-order chi connectivity index (χ0) is 21.8. The van der Waals surface area contributed by atoms with Crippen molar-refractivity contribution >= 4 is 5.91 Å². The topological polar surface area (TPSA) is 63.1 Å². The van der Waals surface area contributed by atoms with Crippen LogP contribution in [0.15, 0.2) is 91.0 Å². The van der Waals surface area contributed by atoms with Crippen molar-refractivity contribution in [3.8, 4) is 17.1 Å². The van der Waals surface area contributed by atoms with Crippen LogP contribution >= 0.6 is 0 Å². The van der Waals surface area contributed by atoms with Crippen LogP contribution in [0.2, 0.25) is 0 Å². The quantitative estimate of drug-likeness (QED) is 0.533. The Bertz CT molecular complexity index is 1170. The van der Waals surface area contributed by atoms with Crippen molar-refractivity contribution in [2.45, 2.75) is 12.5 Å². The first-order valence-electron chi connectivity index (χ1n) is 10.9. The molecule has 1 amide bonds. The molecule has 1 fully saturated rings. The second-order valence-corrected chi connectivity index (χ2v) is 7.93. The van der Waals surface area contributed by atoms with Crippen molar-refractivity contribution in [2.75, 3.05) is 19.6 Å². The monoisotopic (exact) mass is 423 g/mol. The third-order valence-electron chi connectivity index (χ3n) is 5.83. The van der Waals surface area contributed by atoms with Gasteiger partial charge in [0.2, 0.25) is 5.82 Å². The number of piperazine rings is 1. The van der Waals surface area contributed by atoms with E-state index in [2.05, 4.69) is 27.6 Å². The summed E-state index contributed by atoms with van der Waals surface area (Å²) in [5.41, 5.74) is 3.01. The fourth-order valence-electron chi connectivity index (χ4n) is 4.24. The highest BCUT2D eigenvalue weighted by Crippen LogP contribution is 2.24. The van der Waals surface area contributed by atoms with Crippen LogP contribution in [0.1, 0.15) is 16.2 Å². The minimum atomic E-state index is -0.0917. The summed E-state index contributed by atoms with van der Waals surface area (Å²) in [6.07, 6.45) is 0.796. The van der Waals surface area contributed by atoms with E-state index in [1.807, 2.05) is 88.3 Å². The van der Waals surface area contributed by atoms with Gasteiger partial charge in [0.1, 0.15) is 0 Å². The average Bonchev–Trinajstić information content (AvgIpc) is 3.31. The summed E-state index contributed by atoms with van der Waals surface area (Å²) in [7, 11) is 0. The van der Waals surface area contributed by atoms with Crippen molar-refractivity contribution in [3.63, 3.8) is 0 Å². The standard InChI is InChI=1S/C26H25N5O/c32-26(30-17-16-27-19-23(30)18-20-10-4-1-5-11-20)25-29-28-24(21-12-6-2-7-13-21)31(25)22-14-8-3-9-15-22/h1-15,23,27H,16-19H2/t23-/m1/s1. The van der Waals surface area contributed by atoms with Crippen LogP contribution < -0.4 is 5.32 Å². The molecule has 2 heterocycles. The molecule has 6 heteroatoms. The molecule has 1 atom stereocenters. The van der Waals surface area contributed by atoms with Crippen LogP contribution in [-0.2, 0) is 6.42 Å². The van der Waals surface area contributed by atoms with Crippen LogP contribution in [0.5, 0.6) is 0 Å². The Hall–Kier alpha value is -3.77. The van der Waals surface area contributed by atoms with Gasteiger partial charge >= 0.3 is 0 Å². The lowest BCUT2D eigenvalue weighted by molar-refractivity contribution is 0.0621. The lowest BCUT2D eigenvalue weighted by Crippen LogP contribution is -2.54. The molecule has 1 N–H and O–H groups in total. The second-order valence-electron chi connectivity index (χ2n) is 7.93. The summed E-state index contributed by atoms with van der Waals surface area (Å²) >= 11 is 0. The van der Waals surface area contributed by atoms with Gasteiger partial charge in [-0.25, -0.2) is 0 Å². The zero-order valence-electron chi connectivity index (χ0n) is 17.8. The van der Waals surface area contributed by atoms with Crippen molar-refractivity contribution < 1.29 is 4.79 Å². The van der Waals surface area contributed by atoms with Crippen molar-refractivity contribution in [1.82, 2.24) is 25.0 Å². The van der Waals surface area contributed by atoms with E-state index in [0.29, 0.717) is 18.2 Å². The maximum absolute atomic E-state index is 13.8. The number of aromatic nitrogens is 3. The molecule has 0 aliphatic carbocycles. The molecule has 1 saturated heterocycles. The SMILES string of the molecule is O=C(c1nnc(-c2ccccc2)n1-c1ccccc1)N1CCNC[C@H]1Cc1ccccc1. The van der Waals surface area contributed by atoms with Crippen LogP contribution in [0.25, 0.3) is 17.1 Å². The summed E-state index contributed by atoms with van der Waals surface area (Å²) in [5, 5.41) is 12.3. The van der Waals surface area contributed by atoms with Crippen molar-refractivity contribution in [2.24, 2.45) is 0 Å². The van der Waals surface area contributed by atoms with E-state index in [9.17, 15) is 4.79 Å². The number of benzene rings is 3. The van der Waals surface area contributed by atoms with E-state index in [-0.39, 0.29) is 11.9 Å². The van der Waals surface area contributed by atoms with Crippen molar-refractivity contribution in [1.29, 1.82) is 0 Å². The van der Waals surface area contributed by atoms with E-state index in [1.54, 1.807) is 0 Å². The smallest absolute Gasteiger partial charge is 0.292 e. The highest BCUT2D eigenvalue weighted by molar-refractivity contribution is 5.92. The molecular weight excluding hydrogens is 398 g/mol. The van der Waals surface area contributed by atoms with Gasteiger partial charge in [-0.05, 0) is 24.1 Å². The predicted octanol–water partition coefficient (Wildman–Crippen LogP) is 3.59. The van der Waals surface area contributed by atoms with Gasteiger partial charge in [-0.3, -0.25) is 9.36 Å². The number of hydrogen-bond acceptors (Lipinski definition) is 4. The molecule has 0 bridgehead atoms. The van der Waals surface area contributed by atoms with Gasteiger partial charge in [-0.15, -0.1) is 10.2 Å². The molecule has 3 aromatic carbocycles. The maximum Gasteiger partial charge on any atom is 0.292 e. The number of carbonyl (C=O) groups is 1. The summed E-state index contributed by atoms with van der Waals surface area (Å²) in [5.74, 6) is 0.913. The Kier molecular flexibility index (Phi) is 5.77. The fraction of sp³-hybridized carbons (Fsp3) is 0.192. The highest BCUT2D eigenvalue weighted by Gasteiger charge is 2.32. The number of nitrogens with zero attached hydrogens (tertiary/aromatic N) is 4. The predicted molar refractivity (Wildman–Crippen MR) is 125 cm³/mol. The first-order valence-corrected chi connectivity index (χ1v) is 10.9. The van der Waals surface area contributed by atoms with E-state index in [0.717, 1.165) is 30.8 Å². The maximum atomic E-state index is 13.8. The molecule has 6 nitrogen and oxygen atoms in total. The minimum absolute atomic E-state index is 0.0553. The minimum Gasteiger partial charge on any atom is -0.330 e. The van der Waals surface area contributed by atoms with E-state index < -0.39 is 0 Å². The van der Waals surface area contributed by atoms with E-state index in [1.165, 1.54) is 5.56 Å². The van der Waals surface area contributed by atoms with Crippen LogP contribution in [0.4, 0.5) is 0 Å². The van der Waals surface area contributed by atoms with E-state index >= 15 is 0 Å². The Morgan fingerprint density at radius 2 is 1.53 bits per heavy atom. The second kappa shape index (κ2) is 9.16. The number of nitrogens with one attached hydrogen (secondary N) is 1. The Morgan fingerprint density at radius 3 is 2.25 bits per heavy atom. The van der Waals surface area contributed by atoms with Gasteiger partial charge < -0.3 is 10.2 Å². The number of hydrogen-bond donors (Lipinski definition) is 1. The summed E-state index contributed by atoms with van der Waals surface area (Å²) in [6, 6.07) is 30.1. The highest BCUT2D eigenvalue weighted by atomic mass is 16.2. The van der Waals surface area contributed by atoms with Gasteiger partial charge in [0.15, 0.2) is 5.82 Å². The summed E-state index contributed by atoms with van der Waals surface area (Å²) in [6.45, 7) is 2.16. The van der Waals surface area contributed by atoms with Gasteiger partial charge in [0.05, 0.1) is 0 Å². The number of rotatable bonds is 5. The average molecular weight is 424 g/mol. The lowest BCUT2D eigenvalue weighted by atomic mass is 10.0. The van der Waals surface area contributed by atoms with Crippen LogP contribution in [0.3, 0.4) is 0 Å². The molecule has 1 aromatic heterocycles. The zero-order valence-corrected chi connectivity index (χ0v) is 17.8. The molecular formula is C26H25N5O. The molecule has 0 radical (unpaired) electrons. The number of carbonyl (C=O) groups excluding carboxylic acids is 1. The Morgan fingerprint density at radius 1 is 0.875 bits per heavy atom. The molecule has 1 aliphatic rings. The molecule has 0 saturated carbocycles. The molecule has 0 spiro atoms. The van der Waals surface area contributed by atoms with E-state index in [4.69, 9.17) is 0 Å². The number of amides is 1. The molecule has 32 heavy (non-hydrogen) atoms. The largest absolute Gasteiger partial charge is 0.330 e. The van der Waals surface area contributed by atoms with Gasteiger partial charge in [0.25, 0.3) is 5.91 Å². The molecule has 5 rings (SSSR count). The molecule has 160 valence electrons. The van der Waals surface area contributed by atoms with Gasteiger partial charge in [-0.1, -0.05) is 78.9 Å². The number of para-hydroxylation sites is 1. The summed E-state index contributed by atoms with van der Waals surface area (Å²) < 4.78 is 1.87. The fourth-order valence-corrected chi connectivity index (χ4v) is 4.24. The summed E-state index contributed by atoms with van der Waals surface area (Å²) in [4.78, 5) is 15.8. The molecule has 0 unspecified atom stereocenters. The third-order valence-corrected chi connectivity index (χ3v) is 5.83. The normalized spacial score (nSPS) is 16.1. The molecule has 1 aliphatic heterocycles. The first-order chi connectivity index (χ1) is 15.8. The Labute approximate surface area is 187 Å². The first kappa shape index (κ1) is 20.2.